The first-order valence-corrected chi connectivity index (χ1v) is 7.73. The van der Waals surface area contributed by atoms with Crippen molar-refractivity contribution in [3.63, 3.8) is 0 Å². The van der Waals surface area contributed by atoms with Crippen molar-refractivity contribution >= 4 is 28.4 Å². The van der Waals surface area contributed by atoms with Crippen LogP contribution in [0.5, 0.6) is 0 Å². The predicted molar refractivity (Wildman–Crippen MR) is 83.4 cm³/mol. The highest BCUT2D eigenvalue weighted by molar-refractivity contribution is 6.31. The molecule has 5 heteroatoms. The highest BCUT2D eigenvalue weighted by Gasteiger charge is 2.24. The van der Waals surface area contributed by atoms with Gasteiger partial charge in [-0.3, -0.25) is 4.79 Å². The second-order valence-electron chi connectivity index (χ2n) is 5.67. The van der Waals surface area contributed by atoms with Crippen molar-refractivity contribution in [1.29, 1.82) is 0 Å². The minimum atomic E-state index is -0.418. The van der Waals surface area contributed by atoms with Crippen molar-refractivity contribution < 1.29 is 9.90 Å². The zero-order valence-corrected chi connectivity index (χ0v) is 12.5. The van der Waals surface area contributed by atoms with Crippen molar-refractivity contribution in [1.82, 2.24) is 9.88 Å². The molecule has 0 radical (unpaired) electrons. The Balaban J connectivity index is 1.70. The van der Waals surface area contributed by atoms with E-state index in [2.05, 4.69) is 5.32 Å². The molecule has 1 amide bonds. The Bertz CT molecular complexity index is 653. The zero-order chi connectivity index (χ0) is 14.8. The number of halogens is 1. The molecule has 2 N–H and O–H groups in total. The number of aliphatic hydroxyl groups is 1. The summed E-state index contributed by atoms with van der Waals surface area (Å²) in [6.07, 6.45) is 5.19. The summed E-state index contributed by atoms with van der Waals surface area (Å²) in [6, 6.07) is 7.49. The maximum atomic E-state index is 12.2. The highest BCUT2D eigenvalue weighted by Crippen LogP contribution is 2.21. The van der Waals surface area contributed by atoms with Crippen LogP contribution in [0.2, 0.25) is 5.02 Å². The molecule has 1 aromatic carbocycles. The van der Waals surface area contributed by atoms with Gasteiger partial charge in [-0.25, -0.2) is 0 Å². The number of amides is 1. The monoisotopic (exact) mass is 306 g/mol. The quantitative estimate of drug-likeness (QED) is 0.916. The molecule has 112 valence electrons. The zero-order valence-electron chi connectivity index (χ0n) is 11.8. The number of benzene rings is 1. The van der Waals surface area contributed by atoms with Gasteiger partial charge in [-0.2, -0.15) is 0 Å². The predicted octanol–water partition coefficient (Wildman–Crippen LogP) is 2.71. The van der Waals surface area contributed by atoms with Crippen molar-refractivity contribution in [3.8, 4) is 0 Å². The van der Waals surface area contributed by atoms with Gasteiger partial charge in [0.1, 0.15) is 6.54 Å². The Morgan fingerprint density at radius 1 is 1.33 bits per heavy atom. The fourth-order valence-corrected chi connectivity index (χ4v) is 3.15. The number of aliphatic hydroxyl groups excluding tert-OH is 1. The number of carbonyl (C=O) groups excluding carboxylic acids is 1. The van der Waals surface area contributed by atoms with E-state index in [1.165, 1.54) is 0 Å². The van der Waals surface area contributed by atoms with Crippen LogP contribution in [0.3, 0.4) is 0 Å². The lowest BCUT2D eigenvalue weighted by Crippen LogP contribution is -2.46. The van der Waals surface area contributed by atoms with Gasteiger partial charge in [0.2, 0.25) is 5.91 Å². The fraction of sp³-hybridized carbons (Fsp3) is 0.438. The third-order valence-electron chi connectivity index (χ3n) is 4.13. The van der Waals surface area contributed by atoms with E-state index < -0.39 is 6.10 Å². The third kappa shape index (κ3) is 3.22. The van der Waals surface area contributed by atoms with Crippen LogP contribution < -0.4 is 5.32 Å². The first-order valence-electron chi connectivity index (χ1n) is 7.35. The molecule has 1 aliphatic carbocycles. The average Bonchev–Trinajstić information content (AvgIpc) is 2.84. The highest BCUT2D eigenvalue weighted by atomic mass is 35.5. The van der Waals surface area contributed by atoms with Gasteiger partial charge >= 0.3 is 0 Å². The molecule has 0 spiro atoms. The number of hydrogen-bond donors (Lipinski definition) is 2. The second-order valence-corrected chi connectivity index (χ2v) is 6.11. The average molecular weight is 307 g/mol. The van der Waals surface area contributed by atoms with Crippen molar-refractivity contribution in [2.75, 3.05) is 0 Å². The van der Waals surface area contributed by atoms with Crippen molar-refractivity contribution in [2.45, 2.75) is 44.4 Å². The molecule has 1 aliphatic rings. The Hall–Kier alpha value is -1.52. The number of aromatic nitrogens is 1. The van der Waals surface area contributed by atoms with Crippen LogP contribution in [-0.4, -0.2) is 27.7 Å². The van der Waals surface area contributed by atoms with E-state index in [4.69, 9.17) is 11.6 Å². The van der Waals surface area contributed by atoms with Gasteiger partial charge in [-0.05, 0) is 36.4 Å². The number of carbonyl (C=O) groups is 1. The SMILES string of the molecule is O=C(Cn1ccc2ccc(Cl)cc21)NC1CCCCC1O. The Morgan fingerprint density at radius 3 is 2.95 bits per heavy atom. The van der Waals surface area contributed by atoms with Gasteiger partial charge in [0, 0.05) is 16.7 Å². The first kappa shape index (κ1) is 14.4. The van der Waals surface area contributed by atoms with Crippen LogP contribution in [-0.2, 0) is 11.3 Å². The molecule has 2 aromatic rings. The minimum Gasteiger partial charge on any atom is -0.391 e. The van der Waals surface area contributed by atoms with E-state index in [9.17, 15) is 9.90 Å². The van der Waals surface area contributed by atoms with E-state index in [-0.39, 0.29) is 18.5 Å². The van der Waals surface area contributed by atoms with Crippen molar-refractivity contribution in [2.24, 2.45) is 0 Å². The van der Waals surface area contributed by atoms with E-state index in [1.807, 2.05) is 35.0 Å². The van der Waals surface area contributed by atoms with Gasteiger partial charge in [0.05, 0.1) is 12.1 Å². The molecule has 2 unspecified atom stereocenters. The van der Waals surface area contributed by atoms with Gasteiger partial charge in [0.25, 0.3) is 0 Å². The van der Waals surface area contributed by atoms with Gasteiger partial charge in [0.15, 0.2) is 0 Å². The van der Waals surface area contributed by atoms with Gasteiger partial charge < -0.3 is 15.0 Å². The molecule has 1 aromatic heterocycles. The molecule has 0 bridgehead atoms. The topological polar surface area (TPSA) is 54.3 Å². The van der Waals surface area contributed by atoms with E-state index in [0.29, 0.717) is 5.02 Å². The first-order chi connectivity index (χ1) is 10.1. The number of nitrogens with one attached hydrogen (secondary N) is 1. The van der Waals surface area contributed by atoms with Crippen LogP contribution in [0.25, 0.3) is 10.9 Å². The molecule has 0 saturated heterocycles. The summed E-state index contributed by atoms with van der Waals surface area (Å²) in [5.41, 5.74) is 0.946. The third-order valence-corrected chi connectivity index (χ3v) is 4.36. The van der Waals surface area contributed by atoms with Crippen LogP contribution in [0, 0.1) is 0 Å². The number of hydrogen-bond acceptors (Lipinski definition) is 2. The molecular weight excluding hydrogens is 288 g/mol. The standard InChI is InChI=1S/C16H19ClN2O2/c17-12-6-5-11-7-8-19(14(11)9-12)10-16(21)18-13-3-1-2-4-15(13)20/h5-9,13,15,20H,1-4,10H2,(H,18,21). The summed E-state index contributed by atoms with van der Waals surface area (Å²) >= 11 is 6.01. The minimum absolute atomic E-state index is 0.0709. The Kier molecular flexibility index (Phi) is 4.17. The molecule has 3 rings (SSSR count). The normalized spacial score (nSPS) is 22.4. The Morgan fingerprint density at radius 2 is 2.14 bits per heavy atom. The van der Waals surface area contributed by atoms with Gasteiger partial charge in [-0.1, -0.05) is 30.5 Å². The van der Waals surface area contributed by atoms with E-state index >= 15 is 0 Å². The maximum absolute atomic E-state index is 12.2. The summed E-state index contributed by atoms with van der Waals surface area (Å²) in [7, 11) is 0. The molecule has 21 heavy (non-hydrogen) atoms. The lowest BCUT2D eigenvalue weighted by Gasteiger charge is -2.28. The van der Waals surface area contributed by atoms with Crippen molar-refractivity contribution in [3.05, 3.63) is 35.5 Å². The molecule has 0 aliphatic heterocycles. The number of nitrogens with zero attached hydrogens (tertiary/aromatic N) is 1. The molecular formula is C16H19ClN2O2. The fourth-order valence-electron chi connectivity index (χ4n) is 2.98. The summed E-state index contributed by atoms with van der Waals surface area (Å²) in [5.74, 6) is -0.0709. The lowest BCUT2D eigenvalue weighted by atomic mass is 9.92. The summed E-state index contributed by atoms with van der Waals surface area (Å²) < 4.78 is 1.88. The van der Waals surface area contributed by atoms with Crippen LogP contribution in [0.1, 0.15) is 25.7 Å². The Labute approximate surface area is 128 Å². The molecule has 4 nitrogen and oxygen atoms in total. The number of rotatable bonds is 3. The molecule has 2 atom stereocenters. The van der Waals surface area contributed by atoms with Crippen LogP contribution >= 0.6 is 11.6 Å². The smallest absolute Gasteiger partial charge is 0.240 e. The van der Waals surface area contributed by atoms with Crippen LogP contribution in [0.4, 0.5) is 0 Å². The summed E-state index contributed by atoms with van der Waals surface area (Å²) in [6.45, 7) is 0.243. The van der Waals surface area contributed by atoms with Gasteiger partial charge in [-0.15, -0.1) is 0 Å². The lowest BCUT2D eigenvalue weighted by molar-refractivity contribution is -0.123. The summed E-state index contributed by atoms with van der Waals surface area (Å²) in [5, 5.41) is 14.6. The van der Waals surface area contributed by atoms with Crippen LogP contribution in [0.15, 0.2) is 30.5 Å². The number of fused-ring (bicyclic) bond motifs is 1. The second kappa shape index (κ2) is 6.08. The van der Waals surface area contributed by atoms with E-state index in [0.717, 1.165) is 36.6 Å². The largest absolute Gasteiger partial charge is 0.391 e. The molecule has 1 fully saturated rings. The maximum Gasteiger partial charge on any atom is 0.240 e. The van der Waals surface area contributed by atoms with E-state index in [1.54, 1.807) is 0 Å². The molecule has 1 heterocycles. The summed E-state index contributed by atoms with van der Waals surface area (Å²) in [4.78, 5) is 12.2. The molecule has 1 saturated carbocycles.